The Morgan fingerprint density at radius 3 is 2.41 bits per heavy atom. The summed E-state index contributed by atoms with van der Waals surface area (Å²) in [6, 6.07) is 10.4. The van der Waals surface area contributed by atoms with Gasteiger partial charge in [-0.25, -0.2) is 0 Å². The number of nitro groups is 1. The minimum absolute atomic E-state index is 0.0194. The van der Waals surface area contributed by atoms with Gasteiger partial charge in [-0.3, -0.25) is 19.7 Å². The average molecular weight is 474 g/mol. The largest absolute Gasteiger partial charge is 0.497 e. The summed E-state index contributed by atoms with van der Waals surface area (Å²) in [5.74, 6) is 0.221. The Labute approximate surface area is 198 Å². The highest BCUT2D eigenvalue weighted by Gasteiger charge is 2.29. The molecule has 0 aliphatic rings. The van der Waals surface area contributed by atoms with Crippen molar-refractivity contribution >= 4 is 17.5 Å². The first-order valence-electron chi connectivity index (χ1n) is 10.9. The summed E-state index contributed by atoms with van der Waals surface area (Å²) in [6.07, 6.45) is 0.402. The average Bonchev–Trinajstić information content (AvgIpc) is 2.81. The SMILES string of the molecule is CCC(C(=O)NC(C)C)N(Cc1cccc(OC)c1)C(=O)COc1ccc([N+](=O)[O-])c(OC)c1. The van der Waals surface area contributed by atoms with E-state index in [1.165, 1.54) is 30.2 Å². The summed E-state index contributed by atoms with van der Waals surface area (Å²) in [6.45, 7) is 5.34. The van der Waals surface area contributed by atoms with E-state index in [9.17, 15) is 19.7 Å². The van der Waals surface area contributed by atoms with E-state index in [1.54, 1.807) is 19.2 Å². The Balaban J connectivity index is 2.27. The van der Waals surface area contributed by atoms with Gasteiger partial charge < -0.3 is 24.4 Å². The number of hydrogen-bond acceptors (Lipinski definition) is 7. The molecule has 0 saturated heterocycles. The first-order valence-corrected chi connectivity index (χ1v) is 10.9. The molecule has 0 aliphatic carbocycles. The van der Waals surface area contributed by atoms with Crippen molar-refractivity contribution in [3.63, 3.8) is 0 Å². The van der Waals surface area contributed by atoms with E-state index in [-0.39, 0.29) is 42.3 Å². The van der Waals surface area contributed by atoms with Gasteiger partial charge in [0.05, 0.1) is 19.1 Å². The van der Waals surface area contributed by atoms with Crippen LogP contribution in [0.4, 0.5) is 5.69 Å². The van der Waals surface area contributed by atoms with Crippen LogP contribution in [0.1, 0.15) is 32.8 Å². The van der Waals surface area contributed by atoms with E-state index in [4.69, 9.17) is 14.2 Å². The molecule has 2 aromatic carbocycles. The molecular formula is C24H31N3O7. The van der Waals surface area contributed by atoms with Crippen LogP contribution in [-0.4, -0.2) is 54.5 Å². The van der Waals surface area contributed by atoms with Crippen LogP contribution >= 0.6 is 0 Å². The standard InChI is InChI=1S/C24H31N3O7/c1-6-20(24(29)25-16(2)3)26(14-17-8-7-9-18(12-17)32-4)23(28)15-34-19-10-11-21(27(30)31)22(13-19)33-5/h7-13,16,20H,6,14-15H2,1-5H3,(H,25,29). The number of nitrogens with zero attached hydrogens (tertiary/aromatic N) is 2. The second kappa shape index (κ2) is 12.4. The van der Waals surface area contributed by atoms with E-state index in [2.05, 4.69) is 5.32 Å². The van der Waals surface area contributed by atoms with Crippen molar-refractivity contribution in [1.29, 1.82) is 0 Å². The number of hydrogen-bond donors (Lipinski definition) is 1. The molecule has 1 atom stereocenters. The van der Waals surface area contributed by atoms with Crippen LogP contribution in [0.15, 0.2) is 42.5 Å². The molecule has 0 heterocycles. The third-order valence-electron chi connectivity index (χ3n) is 5.01. The second-order valence-electron chi connectivity index (χ2n) is 7.84. The van der Waals surface area contributed by atoms with Gasteiger partial charge in [0.25, 0.3) is 5.91 Å². The Hall–Kier alpha value is -3.82. The number of nitro benzene ring substituents is 1. The van der Waals surface area contributed by atoms with Crippen molar-refractivity contribution in [3.8, 4) is 17.2 Å². The summed E-state index contributed by atoms with van der Waals surface area (Å²) < 4.78 is 15.9. The molecule has 184 valence electrons. The molecule has 10 heteroatoms. The lowest BCUT2D eigenvalue weighted by Crippen LogP contribution is -2.51. The molecule has 2 rings (SSSR count). The quantitative estimate of drug-likeness (QED) is 0.371. The van der Waals surface area contributed by atoms with Crippen LogP contribution < -0.4 is 19.5 Å². The lowest BCUT2D eigenvalue weighted by atomic mass is 10.1. The van der Waals surface area contributed by atoms with E-state index < -0.39 is 16.9 Å². The van der Waals surface area contributed by atoms with E-state index in [0.29, 0.717) is 12.2 Å². The fourth-order valence-electron chi connectivity index (χ4n) is 3.39. The number of rotatable bonds is 12. The maximum absolute atomic E-state index is 13.2. The van der Waals surface area contributed by atoms with Gasteiger partial charge in [-0.2, -0.15) is 0 Å². The number of methoxy groups -OCH3 is 2. The van der Waals surface area contributed by atoms with Crippen molar-refractivity contribution in [2.75, 3.05) is 20.8 Å². The van der Waals surface area contributed by atoms with Crippen molar-refractivity contribution in [1.82, 2.24) is 10.2 Å². The molecule has 0 bridgehead atoms. The molecule has 1 N–H and O–H groups in total. The molecule has 0 aromatic heterocycles. The predicted molar refractivity (Wildman–Crippen MR) is 126 cm³/mol. The van der Waals surface area contributed by atoms with Gasteiger partial charge >= 0.3 is 5.69 Å². The number of carbonyl (C=O) groups excluding carboxylic acids is 2. The Morgan fingerprint density at radius 1 is 1.09 bits per heavy atom. The summed E-state index contributed by atoms with van der Waals surface area (Å²) in [7, 11) is 2.87. The fourth-order valence-corrected chi connectivity index (χ4v) is 3.39. The van der Waals surface area contributed by atoms with Gasteiger partial charge in [0.2, 0.25) is 11.7 Å². The zero-order chi connectivity index (χ0) is 25.3. The molecular weight excluding hydrogens is 442 g/mol. The smallest absolute Gasteiger partial charge is 0.311 e. The van der Waals surface area contributed by atoms with Crippen LogP contribution in [0.3, 0.4) is 0 Å². The highest BCUT2D eigenvalue weighted by atomic mass is 16.6. The molecule has 0 aliphatic heterocycles. The number of ether oxygens (including phenoxy) is 3. The fraction of sp³-hybridized carbons (Fsp3) is 0.417. The third-order valence-corrected chi connectivity index (χ3v) is 5.01. The molecule has 2 aromatic rings. The maximum Gasteiger partial charge on any atom is 0.311 e. The maximum atomic E-state index is 13.2. The summed E-state index contributed by atoms with van der Waals surface area (Å²) in [4.78, 5) is 38.1. The lowest BCUT2D eigenvalue weighted by molar-refractivity contribution is -0.385. The Kier molecular flexibility index (Phi) is 9.66. The molecule has 10 nitrogen and oxygen atoms in total. The minimum atomic E-state index is -0.712. The van der Waals surface area contributed by atoms with E-state index in [1.807, 2.05) is 32.9 Å². The first kappa shape index (κ1) is 26.4. The molecule has 0 fully saturated rings. The van der Waals surface area contributed by atoms with Crippen LogP contribution in [-0.2, 0) is 16.1 Å². The van der Waals surface area contributed by atoms with Crippen molar-refractivity contribution in [3.05, 3.63) is 58.1 Å². The Morgan fingerprint density at radius 2 is 1.82 bits per heavy atom. The van der Waals surface area contributed by atoms with E-state index >= 15 is 0 Å². The van der Waals surface area contributed by atoms with Crippen LogP contribution in [0.5, 0.6) is 17.2 Å². The molecule has 2 amide bonds. The highest BCUT2D eigenvalue weighted by molar-refractivity contribution is 5.88. The normalized spacial score (nSPS) is 11.5. The monoisotopic (exact) mass is 473 g/mol. The van der Waals surface area contributed by atoms with Crippen LogP contribution in [0.2, 0.25) is 0 Å². The lowest BCUT2D eigenvalue weighted by Gasteiger charge is -2.31. The zero-order valence-corrected chi connectivity index (χ0v) is 20.1. The van der Waals surface area contributed by atoms with E-state index in [0.717, 1.165) is 5.56 Å². The minimum Gasteiger partial charge on any atom is -0.497 e. The second-order valence-corrected chi connectivity index (χ2v) is 7.84. The first-order chi connectivity index (χ1) is 16.2. The Bertz CT molecular complexity index is 1010. The van der Waals surface area contributed by atoms with Gasteiger partial charge in [0.1, 0.15) is 17.5 Å². The molecule has 0 radical (unpaired) electrons. The van der Waals surface area contributed by atoms with Crippen molar-refractivity contribution < 1.29 is 28.7 Å². The molecule has 34 heavy (non-hydrogen) atoms. The van der Waals surface area contributed by atoms with Crippen LogP contribution in [0.25, 0.3) is 0 Å². The number of carbonyl (C=O) groups is 2. The topological polar surface area (TPSA) is 120 Å². The number of benzene rings is 2. The number of amides is 2. The summed E-state index contributed by atoms with van der Waals surface area (Å²) in [5.41, 5.74) is 0.581. The highest BCUT2D eigenvalue weighted by Crippen LogP contribution is 2.30. The zero-order valence-electron chi connectivity index (χ0n) is 20.1. The van der Waals surface area contributed by atoms with Gasteiger partial charge in [0.15, 0.2) is 6.61 Å². The van der Waals surface area contributed by atoms with Crippen LogP contribution in [0, 0.1) is 10.1 Å². The summed E-state index contributed by atoms with van der Waals surface area (Å²) >= 11 is 0. The van der Waals surface area contributed by atoms with Gasteiger partial charge in [0, 0.05) is 24.7 Å². The van der Waals surface area contributed by atoms with Crippen molar-refractivity contribution in [2.24, 2.45) is 0 Å². The molecule has 0 spiro atoms. The van der Waals surface area contributed by atoms with Crippen molar-refractivity contribution in [2.45, 2.75) is 45.8 Å². The van der Waals surface area contributed by atoms with Gasteiger partial charge in [-0.15, -0.1) is 0 Å². The third kappa shape index (κ3) is 7.09. The van der Waals surface area contributed by atoms with Gasteiger partial charge in [-0.1, -0.05) is 19.1 Å². The van der Waals surface area contributed by atoms with Gasteiger partial charge in [-0.05, 0) is 44.0 Å². The molecule has 0 saturated carbocycles. The predicted octanol–water partition coefficient (Wildman–Crippen LogP) is 3.32. The number of nitrogens with one attached hydrogen (secondary N) is 1. The summed E-state index contributed by atoms with van der Waals surface area (Å²) in [5, 5.41) is 14.0. The molecule has 1 unspecified atom stereocenters.